The van der Waals surface area contributed by atoms with Gasteiger partial charge in [0.1, 0.15) is 12.9 Å². The van der Waals surface area contributed by atoms with E-state index in [4.69, 9.17) is 4.89 Å². The lowest BCUT2D eigenvalue weighted by molar-refractivity contribution is -0.126. The van der Waals surface area contributed by atoms with Gasteiger partial charge in [0.25, 0.3) is 0 Å². The minimum Gasteiger partial charge on any atom is -0.302 e. The number of aldehydes is 1. The number of hydrogen-bond acceptors (Lipinski definition) is 5. The molecule has 0 saturated heterocycles. The molecule has 0 heterocycles. The second kappa shape index (κ2) is 6.24. The fraction of sp³-hybridized carbons (Fsp3) is 0.714. The highest BCUT2D eigenvalue weighted by Crippen LogP contribution is 2.22. The molecule has 0 aliphatic heterocycles. The van der Waals surface area contributed by atoms with Crippen LogP contribution in [0.25, 0.3) is 0 Å². The maximum atomic E-state index is 11.3. The Kier molecular flexibility index (Phi) is 6.11. The Balaban J connectivity index is 3.75. The van der Waals surface area contributed by atoms with Crippen LogP contribution in [-0.4, -0.2) is 28.7 Å². The van der Waals surface area contributed by atoms with E-state index < -0.39 is 13.7 Å². The number of hydrogen-bond donors (Lipinski definition) is 1. The van der Waals surface area contributed by atoms with Crippen LogP contribution in [0.5, 0.6) is 0 Å². The summed E-state index contributed by atoms with van der Waals surface area (Å²) in [5, 5.41) is -0.274. The zero-order chi connectivity index (χ0) is 11.2. The smallest absolute Gasteiger partial charge is 0.302 e. The molecule has 0 aromatic rings. The Morgan fingerprint density at radius 3 is 2.64 bits per heavy atom. The lowest BCUT2D eigenvalue weighted by Crippen LogP contribution is -2.23. The van der Waals surface area contributed by atoms with Crippen LogP contribution in [0.3, 0.4) is 0 Å². The van der Waals surface area contributed by atoms with Crippen molar-refractivity contribution in [1.29, 1.82) is 0 Å². The molecule has 0 spiro atoms. The third-order valence-electron chi connectivity index (χ3n) is 1.34. The predicted octanol–water partition coefficient (Wildman–Crippen LogP) is 1.14. The van der Waals surface area contributed by atoms with Crippen LogP contribution >= 0.6 is 20.0 Å². The van der Waals surface area contributed by atoms with Gasteiger partial charge in [0.2, 0.25) is 5.12 Å². The number of carbonyl (C=O) groups is 2. The second-order valence-corrected chi connectivity index (χ2v) is 4.85. The molecule has 0 radical (unpaired) electrons. The minimum absolute atomic E-state index is 0.0110. The molecule has 0 bridgehead atoms. The highest BCUT2D eigenvalue weighted by molar-refractivity contribution is 8.13. The monoisotopic (exact) mass is 239 g/mol. The van der Waals surface area contributed by atoms with Gasteiger partial charge >= 0.3 is 8.25 Å². The molecule has 0 fully saturated rings. The highest BCUT2D eigenvalue weighted by Gasteiger charge is 2.27. The Hall–Kier alpha value is -0.290. The zero-order valence-corrected chi connectivity index (χ0v) is 9.64. The Morgan fingerprint density at radius 1 is 1.64 bits per heavy atom. The van der Waals surface area contributed by atoms with Gasteiger partial charge in [0.05, 0.1) is 5.41 Å². The standard InChI is InChI=1S/C7H11O5PS/c1-7(2,5-8)6(9)14-4-3-12-13(10)11/h5H,3-4H2,1-2H3/p+1. The third kappa shape index (κ3) is 5.44. The molecule has 1 atom stereocenters. The fourth-order valence-corrected chi connectivity index (χ4v) is 1.63. The van der Waals surface area contributed by atoms with Crippen LogP contribution < -0.4 is 0 Å². The van der Waals surface area contributed by atoms with Crippen LogP contribution in [0, 0.1) is 5.41 Å². The maximum Gasteiger partial charge on any atom is 0.694 e. The van der Waals surface area contributed by atoms with Crippen molar-refractivity contribution in [2.24, 2.45) is 5.41 Å². The van der Waals surface area contributed by atoms with Crippen molar-refractivity contribution >= 4 is 31.4 Å². The first-order valence-electron chi connectivity index (χ1n) is 3.83. The van der Waals surface area contributed by atoms with Crippen molar-refractivity contribution in [3.05, 3.63) is 0 Å². The number of rotatable bonds is 6. The van der Waals surface area contributed by atoms with E-state index in [1.54, 1.807) is 0 Å². The maximum absolute atomic E-state index is 11.3. The van der Waals surface area contributed by atoms with Crippen LogP contribution in [-0.2, 0) is 18.7 Å². The summed E-state index contributed by atoms with van der Waals surface area (Å²) in [6.07, 6.45) is 0.579. The zero-order valence-electron chi connectivity index (χ0n) is 7.93. The van der Waals surface area contributed by atoms with Gasteiger partial charge in [-0.05, 0) is 13.8 Å². The largest absolute Gasteiger partial charge is 0.694 e. The molecule has 0 aromatic heterocycles. The Labute approximate surface area is 87.2 Å². The van der Waals surface area contributed by atoms with Gasteiger partial charge in [-0.15, -0.1) is 9.42 Å². The Morgan fingerprint density at radius 2 is 2.21 bits per heavy atom. The first-order valence-corrected chi connectivity index (χ1v) is 5.94. The first-order chi connectivity index (χ1) is 6.40. The molecule has 1 N–H and O–H groups in total. The van der Waals surface area contributed by atoms with E-state index in [9.17, 15) is 14.2 Å². The normalized spacial score (nSPS) is 12.4. The van der Waals surface area contributed by atoms with E-state index in [-0.39, 0.29) is 17.5 Å². The van der Waals surface area contributed by atoms with E-state index in [1.165, 1.54) is 13.8 Å². The van der Waals surface area contributed by atoms with Crippen LogP contribution in [0.15, 0.2) is 0 Å². The van der Waals surface area contributed by atoms with Gasteiger partial charge in [-0.25, -0.2) is 0 Å². The summed E-state index contributed by atoms with van der Waals surface area (Å²) >= 11 is 0.915. The van der Waals surface area contributed by atoms with E-state index >= 15 is 0 Å². The van der Waals surface area contributed by atoms with Crippen molar-refractivity contribution in [1.82, 2.24) is 0 Å². The molecule has 0 rings (SSSR count). The van der Waals surface area contributed by atoms with Crippen molar-refractivity contribution in [2.75, 3.05) is 12.4 Å². The average molecular weight is 239 g/mol. The van der Waals surface area contributed by atoms with E-state index in [0.29, 0.717) is 6.29 Å². The van der Waals surface area contributed by atoms with Crippen molar-refractivity contribution in [3.8, 4) is 0 Å². The van der Waals surface area contributed by atoms with Crippen molar-refractivity contribution in [3.63, 3.8) is 0 Å². The molecule has 5 nitrogen and oxygen atoms in total. The summed E-state index contributed by atoms with van der Waals surface area (Å²) < 4.78 is 14.4. The van der Waals surface area contributed by atoms with Gasteiger partial charge < -0.3 is 4.79 Å². The summed E-state index contributed by atoms with van der Waals surface area (Å²) in [5.74, 6) is 0.262. The quantitative estimate of drug-likeness (QED) is 0.324. The third-order valence-corrected chi connectivity index (χ3v) is 2.90. The summed E-state index contributed by atoms with van der Waals surface area (Å²) in [6, 6.07) is 0. The van der Waals surface area contributed by atoms with Crippen LogP contribution in [0.1, 0.15) is 13.8 Å². The molecular weight excluding hydrogens is 227 g/mol. The second-order valence-electron chi connectivity index (χ2n) is 3.05. The van der Waals surface area contributed by atoms with Gasteiger partial charge in [-0.3, -0.25) is 4.79 Å². The molecule has 7 heteroatoms. The Bertz CT molecular complexity index is 240. The predicted molar refractivity (Wildman–Crippen MR) is 53.1 cm³/mol. The van der Waals surface area contributed by atoms with Crippen molar-refractivity contribution in [2.45, 2.75) is 13.8 Å². The molecule has 0 amide bonds. The van der Waals surface area contributed by atoms with Crippen LogP contribution in [0.2, 0.25) is 0 Å². The molecule has 0 aliphatic carbocycles. The van der Waals surface area contributed by atoms with Crippen LogP contribution in [0.4, 0.5) is 0 Å². The molecule has 1 unspecified atom stereocenters. The highest BCUT2D eigenvalue weighted by atomic mass is 32.2. The summed E-state index contributed by atoms with van der Waals surface area (Å²) in [6.45, 7) is 3.04. The SMILES string of the molecule is CC(C)(C=O)C(=O)SCCO[P+](=O)O. The van der Waals surface area contributed by atoms with Crippen molar-refractivity contribution < 1.29 is 23.6 Å². The minimum atomic E-state index is -2.61. The topological polar surface area (TPSA) is 80.7 Å². The molecule has 14 heavy (non-hydrogen) atoms. The molecule has 0 aromatic carbocycles. The molecule has 0 saturated carbocycles. The van der Waals surface area contributed by atoms with E-state index in [2.05, 4.69) is 4.52 Å². The first kappa shape index (κ1) is 13.7. The summed E-state index contributed by atoms with van der Waals surface area (Å²) in [7, 11) is -2.61. The summed E-state index contributed by atoms with van der Waals surface area (Å²) in [5.41, 5.74) is -1.01. The number of carbonyl (C=O) groups excluding carboxylic acids is 2. The van der Waals surface area contributed by atoms with E-state index in [1.807, 2.05) is 0 Å². The van der Waals surface area contributed by atoms with E-state index in [0.717, 1.165) is 11.8 Å². The molecule has 0 aliphatic rings. The molecule has 80 valence electrons. The lowest BCUT2D eigenvalue weighted by Gasteiger charge is -2.12. The van der Waals surface area contributed by atoms with Gasteiger partial charge in [0, 0.05) is 10.3 Å². The summed E-state index contributed by atoms with van der Waals surface area (Å²) in [4.78, 5) is 30.0. The van der Waals surface area contributed by atoms with Gasteiger partial charge in [-0.1, -0.05) is 11.8 Å². The van der Waals surface area contributed by atoms with Gasteiger partial charge in [0.15, 0.2) is 0 Å². The number of thioether (sulfide) groups is 1. The fourth-order valence-electron chi connectivity index (χ4n) is 0.484. The van der Waals surface area contributed by atoms with Gasteiger partial charge in [-0.2, -0.15) is 0 Å². The average Bonchev–Trinajstić information content (AvgIpc) is 2.11. The molecular formula is C7H12O5PS+. The lowest BCUT2D eigenvalue weighted by atomic mass is 9.98.